The molecule has 10 rings (SSSR count). The number of aliphatic imine (C=N–C) groups is 2. The van der Waals surface area contributed by atoms with Crippen molar-refractivity contribution in [2.45, 2.75) is 6.17 Å². The summed E-state index contributed by atoms with van der Waals surface area (Å²) in [5.41, 5.74) is 14.0. The highest BCUT2D eigenvalue weighted by molar-refractivity contribution is 6.22. The van der Waals surface area contributed by atoms with Crippen molar-refractivity contribution >= 4 is 33.6 Å². The molecule has 4 heteroatoms. The summed E-state index contributed by atoms with van der Waals surface area (Å²) in [4.78, 5) is 10.3. The molecule has 1 unspecified atom stereocenters. The van der Waals surface area contributed by atoms with Gasteiger partial charge in [-0.1, -0.05) is 170 Å². The monoisotopic (exact) mass is 705 g/mol. The van der Waals surface area contributed by atoms with Crippen LogP contribution in [-0.2, 0) is 0 Å². The summed E-state index contributed by atoms with van der Waals surface area (Å²) in [5.74, 6) is 1.44. The fourth-order valence-corrected chi connectivity index (χ4v) is 7.55. The summed E-state index contributed by atoms with van der Waals surface area (Å²) in [5, 5.41) is 5.74. The first kappa shape index (κ1) is 32.4. The highest BCUT2D eigenvalue weighted by Gasteiger charge is 2.24. The standard InChI is InChI=1S/C51H35N3O/c1-4-13-34(14-5-1)36-25-27-38(28-26-36)50-52-49(37-17-8-3-9-18-37)53-51(54-50)44-23-12-24-47-48(44)45-33-43(29-30-46(45)55-47)42-22-11-21-41(32-42)40-20-10-19-39(31-40)35-15-6-2-7-16-35/h1-33,49H,(H,52,53,54). The van der Waals surface area contributed by atoms with Gasteiger partial charge in [-0.25, -0.2) is 9.98 Å². The first-order chi connectivity index (χ1) is 27.2. The number of rotatable bonds is 7. The fraction of sp³-hybridized carbons (Fsp3) is 0.0196. The van der Waals surface area contributed by atoms with Gasteiger partial charge in [0.05, 0.1) is 0 Å². The summed E-state index contributed by atoms with van der Waals surface area (Å²) in [6.07, 6.45) is -0.315. The highest BCUT2D eigenvalue weighted by atomic mass is 16.3. The van der Waals surface area contributed by atoms with Crippen molar-refractivity contribution in [2.24, 2.45) is 9.98 Å². The Labute approximate surface area is 319 Å². The molecule has 1 N–H and O–H groups in total. The van der Waals surface area contributed by atoms with E-state index in [1.807, 2.05) is 36.4 Å². The average molecular weight is 706 g/mol. The lowest BCUT2D eigenvalue weighted by Gasteiger charge is -2.24. The zero-order valence-corrected chi connectivity index (χ0v) is 29.9. The van der Waals surface area contributed by atoms with Gasteiger partial charge in [0.1, 0.15) is 23.2 Å². The number of hydrogen-bond acceptors (Lipinski definition) is 4. The molecule has 4 nitrogen and oxygen atoms in total. The van der Waals surface area contributed by atoms with Crippen LogP contribution in [0.25, 0.3) is 66.4 Å². The minimum absolute atomic E-state index is 0.315. The van der Waals surface area contributed by atoms with Crippen LogP contribution in [-0.4, -0.2) is 11.7 Å². The number of hydrogen-bond donors (Lipinski definition) is 1. The van der Waals surface area contributed by atoms with Crippen LogP contribution in [0.1, 0.15) is 22.9 Å². The second kappa shape index (κ2) is 13.9. The Bertz CT molecular complexity index is 2870. The molecule has 55 heavy (non-hydrogen) atoms. The van der Waals surface area contributed by atoms with Gasteiger partial charge >= 0.3 is 0 Å². The van der Waals surface area contributed by atoms with E-state index in [-0.39, 0.29) is 6.17 Å². The van der Waals surface area contributed by atoms with E-state index in [9.17, 15) is 0 Å². The van der Waals surface area contributed by atoms with E-state index in [1.54, 1.807) is 0 Å². The van der Waals surface area contributed by atoms with Crippen LogP contribution in [0.5, 0.6) is 0 Å². The fourth-order valence-electron chi connectivity index (χ4n) is 7.55. The molecule has 0 radical (unpaired) electrons. The summed E-state index contributed by atoms with van der Waals surface area (Å²) in [6, 6.07) is 70.0. The molecule has 0 spiro atoms. The predicted molar refractivity (Wildman–Crippen MR) is 227 cm³/mol. The van der Waals surface area contributed by atoms with Gasteiger partial charge in [-0.15, -0.1) is 0 Å². The molecule has 9 aromatic rings. The summed E-state index contributed by atoms with van der Waals surface area (Å²) in [7, 11) is 0. The van der Waals surface area contributed by atoms with E-state index in [4.69, 9.17) is 14.4 Å². The van der Waals surface area contributed by atoms with Gasteiger partial charge in [-0.05, 0) is 80.4 Å². The maximum Gasteiger partial charge on any atom is 0.159 e. The molecule has 1 aromatic heterocycles. The molecule has 260 valence electrons. The minimum Gasteiger partial charge on any atom is -0.456 e. The quantitative estimate of drug-likeness (QED) is 0.179. The van der Waals surface area contributed by atoms with Gasteiger partial charge in [0.25, 0.3) is 0 Å². The smallest absolute Gasteiger partial charge is 0.159 e. The van der Waals surface area contributed by atoms with Gasteiger partial charge < -0.3 is 9.73 Å². The lowest BCUT2D eigenvalue weighted by Crippen LogP contribution is -2.33. The first-order valence-corrected chi connectivity index (χ1v) is 18.6. The van der Waals surface area contributed by atoms with E-state index in [0.717, 1.165) is 61.2 Å². The van der Waals surface area contributed by atoms with Gasteiger partial charge in [-0.2, -0.15) is 0 Å². The predicted octanol–water partition coefficient (Wildman–Crippen LogP) is 12.7. The molecule has 8 aromatic carbocycles. The topological polar surface area (TPSA) is 49.9 Å². The Kier molecular flexibility index (Phi) is 8.19. The molecule has 0 aliphatic carbocycles. The van der Waals surface area contributed by atoms with Crippen LogP contribution in [0.3, 0.4) is 0 Å². The molecule has 0 saturated carbocycles. The third-order valence-corrected chi connectivity index (χ3v) is 10.4. The number of nitrogens with zero attached hydrogens (tertiary/aromatic N) is 2. The van der Waals surface area contributed by atoms with Crippen molar-refractivity contribution < 1.29 is 4.42 Å². The largest absolute Gasteiger partial charge is 0.456 e. The zero-order chi connectivity index (χ0) is 36.6. The maximum atomic E-state index is 6.49. The van der Waals surface area contributed by atoms with Crippen molar-refractivity contribution in [3.8, 4) is 44.5 Å². The minimum atomic E-state index is -0.315. The van der Waals surface area contributed by atoms with Crippen LogP contribution < -0.4 is 5.32 Å². The number of benzene rings is 8. The summed E-state index contributed by atoms with van der Waals surface area (Å²) in [6.45, 7) is 0. The van der Waals surface area contributed by atoms with E-state index in [2.05, 4.69) is 169 Å². The van der Waals surface area contributed by atoms with Crippen molar-refractivity contribution in [2.75, 3.05) is 0 Å². The molecule has 2 heterocycles. The van der Waals surface area contributed by atoms with Gasteiger partial charge in [0.2, 0.25) is 0 Å². The molecule has 1 atom stereocenters. The number of furan rings is 1. The third kappa shape index (κ3) is 6.30. The number of fused-ring (bicyclic) bond motifs is 3. The number of amidine groups is 2. The second-order valence-corrected chi connectivity index (χ2v) is 13.8. The molecule has 1 aliphatic heterocycles. The number of nitrogens with one attached hydrogen (secondary N) is 1. The van der Waals surface area contributed by atoms with Crippen LogP contribution in [0.15, 0.2) is 215 Å². The Morgan fingerprint density at radius 2 is 0.891 bits per heavy atom. The molecular weight excluding hydrogens is 671 g/mol. The Morgan fingerprint density at radius 3 is 1.55 bits per heavy atom. The Morgan fingerprint density at radius 1 is 0.400 bits per heavy atom. The molecular formula is C51H35N3O. The normalized spacial score (nSPS) is 14.0. The molecule has 0 saturated heterocycles. The average Bonchev–Trinajstić information content (AvgIpc) is 3.66. The SMILES string of the molecule is c1ccc(-c2ccc(C3=NC(c4ccccc4)NC(c4cccc5oc6ccc(-c7cccc(-c8cccc(-c9ccccc9)c8)c7)cc6c45)=N3)cc2)cc1. The lowest BCUT2D eigenvalue weighted by atomic mass is 9.95. The van der Waals surface area contributed by atoms with Gasteiger partial charge in [0.15, 0.2) is 5.84 Å². The summed E-state index contributed by atoms with van der Waals surface area (Å²) < 4.78 is 6.49. The van der Waals surface area contributed by atoms with Crippen LogP contribution in [0.2, 0.25) is 0 Å². The second-order valence-electron chi connectivity index (χ2n) is 13.8. The van der Waals surface area contributed by atoms with E-state index in [1.165, 1.54) is 27.8 Å². The van der Waals surface area contributed by atoms with Crippen molar-refractivity contribution in [1.29, 1.82) is 0 Å². The Balaban J connectivity index is 1.05. The van der Waals surface area contributed by atoms with Gasteiger partial charge in [0, 0.05) is 21.9 Å². The maximum absolute atomic E-state index is 6.49. The van der Waals surface area contributed by atoms with Crippen molar-refractivity contribution in [3.63, 3.8) is 0 Å². The van der Waals surface area contributed by atoms with Crippen LogP contribution in [0, 0.1) is 0 Å². The molecule has 1 aliphatic rings. The van der Waals surface area contributed by atoms with Crippen molar-refractivity contribution in [3.05, 3.63) is 217 Å². The van der Waals surface area contributed by atoms with Crippen LogP contribution >= 0.6 is 0 Å². The van der Waals surface area contributed by atoms with Gasteiger partial charge in [-0.3, -0.25) is 0 Å². The molecule has 0 fully saturated rings. The first-order valence-electron chi connectivity index (χ1n) is 18.6. The van der Waals surface area contributed by atoms with E-state index < -0.39 is 0 Å². The van der Waals surface area contributed by atoms with E-state index >= 15 is 0 Å². The highest BCUT2D eigenvalue weighted by Crippen LogP contribution is 2.37. The third-order valence-electron chi connectivity index (χ3n) is 10.4. The lowest BCUT2D eigenvalue weighted by molar-refractivity contribution is 0.668. The molecule has 0 bridgehead atoms. The van der Waals surface area contributed by atoms with E-state index in [0.29, 0.717) is 5.84 Å². The van der Waals surface area contributed by atoms with Crippen LogP contribution in [0.4, 0.5) is 0 Å². The Hall–Kier alpha value is -7.30. The zero-order valence-electron chi connectivity index (χ0n) is 29.9. The summed E-state index contributed by atoms with van der Waals surface area (Å²) >= 11 is 0. The van der Waals surface area contributed by atoms with Crippen molar-refractivity contribution in [1.82, 2.24) is 5.32 Å². The molecule has 0 amide bonds.